The highest BCUT2D eigenvalue weighted by atomic mass is 31.2. The zero-order chi connectivity index (χ0) is 47.1. The quantitative estimate of drug-likeness (QED) is 0.0272. The molecule has 0 aliphatic heterocycles. The fourth-order valence-electron chi connectivity index (χ4n) is 7.26. The van der Waals surface area contributed by atoms with Crippen molar-refractivity contribution >= 4 is 13.7 Å². The molecule has 9 heteroatoms. The number of carbonyl (C=O) groups is 1. The highest BCUT2D eigenvalue weighted by molar-refractivity contribution is 7.45. The van der Waals surface area contributed by atoms with Crippen LogP contribution in [-0.4, -0.2) is 68.5 Å². The van der Waals surface area contributed by atoms with E-state index in [1.807, 2.05) is 27.2 Å². The largest absolute Gasteiger partial charge is 0.756 e. The van der Waals surface area contributed by atoms with Crippen molar-refractivity contribution in [2.75, 3.05) is 40.9 Å². The van der Waals surface area contributed by atoms with E-state index in [9.17, 15) is 19.4 Å². The third kappa shape index (κ3) is 47.9. The zero-order valence-electron chi connectivity index (χ0n) is 42.2. The van der Waals surface area contributed by atoms with E-state index in [0.717, 1.165) is 64.2 Å². The van der Waals surface area contributed by atoms with Crippen LogP contribution in [-0.2, 0) is 18.4 Å². The molecule has 0 heterocycles. The summed E-state index contributed by atoms with van der Waals surface area (Å²) in [5, 5.41) is 13.8. The standard InChI is InChI=1S/C55H101N2O6P/c1-6-8-10-12-14-16-18-20-21-22-23-24-25-26-27-28-29-30-31-32-33-34-35-37-38-40-42-44-46-48-54(58)53(52-63-64(60,61)62-51-50-57(3,4)5)56-55(59)49-47-45-43-41-39-36-19-17-15-13-11-9-7-2/h9,11,15,17,33-34,36,38-40,46,48,53-54,58H,6-8,10,12-14,16,18-32,35,37,41-45,47,49-52H2,1-5H3,(H-,56,59,60,61)/b11-9-,17-15-,34-33+,39-36-,40-38+,48-46+. The summed E-state index contributed by atoms with van der Waals surface area (Å²) in [6, 6.07) is -0.928. The lowest BCUT2D eigenvalue weighted by Crippen LogP contribution is -2.45. The highest BCUT2D eigenvalue weighted by Crippen LogP contribution is 2.38. The molecule has 0 aliphatic carbocycles. The second-order valence-electron chi connectivity index (χ2n) is 18.8. The van der Waals surface area contributed by atoms with Crippen LogP contribution < -0.4 is 10.2 Å². The van der Waals surface area contributed by atoms with Gasteiger partial charge in [0.2, 0.25) is 5.91 Å². The Morgan fingerprint density at radius 3 is 1.45 bits per heavy atom. The Balaban J connectivity index is 4.28. The molecule has 64 heavy (non-hydrogen) atoms. The number of aliphatic hydroxyl groups is 1. The molecule has 0 spiro atoms. The van der Waals surface area contributed by atoms with E-state index >= 15 is 0 Å². The van der Waals surface area contributed by atoms with Crippen molar-refractivity contribution in [3.05, 3.63) is 72.9 Å². The van der Waals surface area contributed by atoms with Crippen LogP contribution in [0.5, 0.6) is 0 Å². The Bertz CT molecular complexity index is 1270. The summed E-state index contributed by atoms with van der Waals surface area (Å²) in [5.74, 6) is -0.243. The topological polar surface area (TPSA) is 108 Å². The van der Waals surface area contributed by atoms with Crippen molar-refractivity contribution in [2.24, 2.45) is 0 Å². The Morgan fingerprint density at radius 1 is 0.562 bits per heavy atom. The number of phosphoric acid groups is 1. The first-order valence-corrected chi connectivity index (χ1v) is 27.8. The number of carbonyl (C=O) groups excluding carboxylic acids is 1. The molecule has 0 aromatic heterocycles. The molecule has 2 N–H and O–H groups in total. The number of nitrogens with zero attached hydrogens (tertiary/aromatic N) is 1. The van der Waals surface area contributed by atoms with Gasteiger partial charge in [-0.2, -0.15) is 0 Å². The minimum atomic E-state index is -4.61. The Morgan fingerprint density at radius 2 is 0.969 bits per heavy atom. The molecule has 372 valence electrons. The monoisotopic (exact) mass is 917 g/mol. The van der Waals surface area contributed by atoms with Gasteiger partial charge in [-0.3, -0.25) is 9.36 Å². The van der Waals surface area contributed by atoms with Crippen LogP contribution in [0.4, 0.5) is 0 Å². The number of likely N-dealkylation sites (N-methyl/N-ethyl adjacent to an activating group) is 1. The van der Waals surface area contributed by atoms with Gasteiger partial charge in [0.05, 0.1) is 39.9 Å². The van der Waals surface area contributed by atoms with E-state index in [1.54, 1.807) is 6.08 Å². The predicted octanol–water partition coefficient (Wildman–Crippen LogP) is 14.9. The summed E-state index contributed by atoms with van der Waals surface area (Å²) in [5.41, 5.74) is 0. The molecule has 0 saturated carbocycles. The van der Waals surface area contributed by atoms with E-state index in [4.69, 9.17) is 9.05 Å². The predicted molar refractivity (Wildman–Crippen MR) is 274 cm³/mol. The first-order chi connectivity index (χ1) is 31.0. The molecule has 0 rings (SSSR count). The number of amides is 1. The number of phosphoric ester groups is 1. The molecule has 0 saturated heterocycles. The van der Waals surface area contributed by atoms with Gasteiger partial charge in [0, 0.05) is 6.42 Å². The molecule has 3 atom stereocenters. The van der Waals surface area contributed by atoms with Crippen molar-refractivity contribution in [3.63, 3.8) is 0 Å². The van der Waals surface area contributed by atoms with Gasteiger partial charge in [0.15, 0.2) is 0 Å². The molecule has 0 aromatic carbocycles. The summed E-state index contributed by atoms with van der Waals surface area (Å²) < 4.78 is 23.2. The number of nitrogens with one attached hydrogen (secondary N) is 1. The molecule has 0 bridgehead atoms. The van der Waals surface area contributed by atoms with Crippen LogP contribution in [0.15, 0.2) is 72.9 Å². The minimum Gasteiger partial charge on any atom is -0.756 e. The maximum absolute atomic E-state index is 12.9. The Hall–Kier alpha value is -2.06. The first-order valence-electron chi connectivity index (χ1n) is 26.3. The van der Waals surface area contributed by atoms with Gasteiger partial charge in [0.1, 0.15) is 13.2 Å². The van der Waals surface area contributed by atoms with Crippen LogP contribution in [0.2, 0.25) is 0 Å². The molecular weight excluding hydrogens is 816 g/mol. The molecule has 0 aromatic rings. The van der Waals surface area contributed by atoms with Crippen LogP contribution >= 0.6 is 7.82 Å². The van der Waals surface area contributed by atoms with Crippen molar-refractivity contribution < 1.29 is 32.9 Å². The van der Waals surface area contributed by atoms with Gasteiger partial charge in [-0.1, -0.05) is 209 Å². The fourth-order valence-corrected chi connectivity index (χ4v) is 7.98. The van der Waals surface area contributed by atoms with Crippen LogP contribution in [0.1, 0.15) is 219 Å². The van der Waals surface area contributed by atoms with Gasteiger partial charge in [0.25, 0.3) is 7.82 Å². The second-order valence-corrected chi connectivity index (χ2v) is 20.2. The van der Waals surface area contributed by atoms with Gasteiger partial charge >= 0.3 is 0 Å². The normalized spacial score (nSPS) is 14.7. The van der Waals surface area contributed by atoms with Crippen molar-refractivity contribution in [3.8, 4) is 0 Å². The van der Waals surface area contributed by atoms with E-state index < -0.39 is 26.6 Å². The van der Waals surface area contributed by atoms with Gasteiger partial charge in [-0.15, -0.1) is 0 Å². The van der Waals surface area contributed by atoms with Crippen LogP contribution in [0.3, 0.4) is 0 Å². The van der Waals surface area contributed by atoms with Gasteiger partial charge in [-0.25, -0.2) is 0 Å². The third-order valence-corrected chi connectivity index (χ3v) is 12.3. The van der Waals surface area contributed by atoms with E-state index in [-0.39, 0.29) is 12.5 Å². The highest BCUT2D eigenvalue weighted by Gasteiger charge is 2.23. The summed E-state index contributed by atoms with van der Waals surface area (Å²) >= 11 is 0. The van der Waals surface area contributed by atoms with Crippen molar-refractivity contribution in [2.45, 2.75) is 231 Å². The third-order valence-electron chi connectivity index (χ3n) is 11.4. The number of rotatable bonds is 47. The molecular formula is C55H101N2O6P. The smallest absolute Gasteiger partial charge is 0.268 e. The first kappa shape index (κ1) is 61.9. The molecule has 3 unspecified atom stereocenters. The van der Waals surface area contributed by atoms with Crippen molar-refractivity contribution in [1.82, 2.24) is 5.32 Å². The molecule has 0 radical (unpaired) electrons. The molecule has 8 nitrogen and oxygen atoms in total. The maximum atomic E-state index is 12.9. The van der Waals surface area contributed by atoms with Gasteiger partial charge in [-0.05, 0) is 77.0 Å². The van der Waals surface area contributed by atoms with Crippen LogP contribution in [0, 0.1) is 0 Å². The SMILES string of the molecule is CC/C=C\C/C=C\C/C=C\CCCCCC(=O)NC(COP(=O)([O-])OCC[N+](C)(C)C)C(O)/C=C/CC/C=C/CC/C=C/CCCCCCCCCCCCCCCCCCCCC. The average molecular weight is 917 g/mol. The van der Waals surface area contributed by atoms with Crippen molar-refractivity contribution in [1.29, 1.82) is 0 Å². The number of quaternary nitrogens is 1. The molecule has 0 aliphatic rings. The number of aliphatic hydroxyl groups excluding tert-OH is 1. The number of unbranched alkanes of at least 4 members (excludes halogenated alkanes) is 24. The second kappa shape index (κ2) is 46.1. The molecule has 1 amide bonds. The van der Waals surface area contributed by atoms with Gasteiger partial charge < -0.3 is 28.8 Å². The average Bonchev–Trinajstić information content (AvgIpc) is 3.25. The van der Waals surface area contributed by atoms with Crippen LogP contribution in [0.25, 0.3) is 0 Å². The minimum absolute atomic E-state index is 0.0181. The Labute approximate surface area is 395 Å². The fraction of sp³-hybridized carbons (Fsp3) is 0.764. The van der Waals surface area contributed by atoms with E-state index in [2.05, 4.69) is 79.9 Å². The lowest BCUT2D eigenvalue weighted by Gasteiger charge is -2.29. The maximum Gasteiger partial charge on any atom is 0.268 e. The zero-order valence-corrected chi connectivity index (χ0v) is 43.1. The Kier molecular flexibility index (Phi) is 44.6. The van der Waals surface area contributed by atoms with E-state index in [0.29, 0.717) is 23.9 Å². The summed E-state index contributed by atoms with van der Waals surface area (Å²) in [4.78, 5) is 25.3. The molecule has 0 fully saturated rings. The number of hydrogen-bond acceptors (Lipinski definition) is 6. The lowest BCUT2D eigenvalue weighted by atomic mass is 10.0. The van der Waals surface area contributed by atoms with E-state index in [1.165, 1.54) is 128 Å². The summed E-state index contributed by atoms with van der Waals surface area (Å²) in [6.45, 7) is 4.48. The lowest BCUT2D eigenvalue weighted by molar-refractivity contribution is -0.870. The summed E-state index contributed by atoms with van der Waals surface area (Å²) in [7, 11) is 1.21. The summed E-state index contributed by atoms with van der Waals surface area (Å²) in [6.07, 6.45) is 62.8. The number of hydrogen-bond donors (Lipinski definition) is 2. The number of allylic oxidation sites excluding steroid dienone is 11.